The van der Waals surface area contributed by atoms with Gasteiger partial charge in [-0.1, -0.05) is 12.8 Å². The monoisotopic (exact) mass is 311 g/mol. The van der Waals surface area contributed by atoms with E-state index in [1.165, 1.54) is 50.3 Å². The van der Waals surface area contributed by atoms with Crippen LogP contribution in [0.3, 0.4) is 0 Å². The summed E-state index contributed by atoms with van der Waals surface area (Å²) >= 11 is 2.07. The fraction of sp³-hybridized carbons (Fsp3) is 0.938. The van der Waals surface area contributed by atoms with Crippen LogP contribution in [0.1, 0.15) is 38.5 Å². The molecule has 3 rings (SSSR count). The van der Waals surface area contributed by atoms with E-state index in [0.717, 1.165) is 32.5 Å². The third-order valence-corrected chi connectivity index (χ3v) is 6.46. The van der Waals surface area contributed by atoms with Crippen LogP contribution < -0.4 is 10.6 Å². The molecule has 1 saturated carbocycles. The summed E-state index contributed by atoms with van der Waals surface area (Å²) in [5.74, 6) is 3.05. The molecule has 0 unspecified atom stereocenters. The summed E-state index contributed by atoms with van der Waals surface area (Å²) in [6.45, 7) is 5.27. The molecule has 1 amide bonds. The average molecular weight is 311 g/mol. The zero-order valence-electron chi connectivity index (χ0n) is 13.0. The Morgan fingerprint density at radius 3 is 2.52 bits per heavy atom. The number of nitrogens with one attached hydrogen (secondary N) is 2. The lowest BCUT2D eigenvalue weighted by Crippen LogP contribution is -2.57. The Hall–Kier alpha value is -0.260. The number of amides is 1. The van der Waals surface area contributed by atoms with Gasteiger partial charge in [0.15, 0.2) is 0 Å². The van der Waals surface area contributed by atoms with Gasteiger partial charge in [0.1, 0.15) is 0 Å². The van der Waals surface area contributed by atoms with Crippen LogP contribution in [-0.4, -0.2) is 60.6 Å². The molecule has 0 bridgehead atoms. The Morgan fingerprint density at radius 2 is 1.86 bits per heavy atom. The van der Waals surface area contributed by atoms with Gasteiger partial charge in [0.05, 0.1) is 0 Å². The second-order valence-corrected chi connectivity index (χ2v) is 8.00. The Labute approximate surface area is 132 Å². The van der Waals surface area contributed by atoms with Gasteiger partial charge in [-0.25, -0.2) is 0 Å². The summed E-state index contributed by atoms with van der Waals surface area (Å²) in [6.07, 6.45) is 7.19. The topological polar surface area (TPSA) is 44.4 Å². The fourth-order valence-electron chi connectivity index (χ4n) is 4.16. The summed E-state index contributed by atoms with van der Waals surface area (Å²) in [7, 11) is 0. The van der Waals surface area contributed by atoms with E-state index in [1.54, 1.807) is 0 Å². The van der Waals surface area contributed by atoms with Crippen molar-refractivity contribution in [3.05, 3.63) is 0 Å². The molecule has 2 heterocycles. The van der Waals surface area contributed by atoms with Crippen molar-refractivity contribution in [2.75, 3.05) is 44.2 Å². The lowest BCUT2D eigenvalue weighted by molar-refractivity contribution is -0.126. The molecular formula is C16H29N3OS. The van der Waals surface area contributed by atoms with Crippen molar-refractivity contribution in [1.82, 2.24) is 15.5 Å². The number of hydrogen-bond acceptors (Lipinski definition) is 4. The molecular weight excluding hydrogens is 282 g/mol. The first-order valence-corrected chi connectivity index (χ1v) is 9.77. The number of carbonyl (C=O) groups is 1. The molecule has 2 aliphatic heterocycles. The fourth-order valence-corrected chi connectivity index (χ4v) is 5.06. The number of hydrogen-bond donors (Lipinski definition) is 2. The summed E-state index contributed by atoms with van der Waals surface area (Å²) in [5, 5.41) is 6.65. The lowest BCUT2D eigenvalue weighted by Gasteiger charge is -2.43. The van der Waals surface area contributed by atoms with Gasteiger partial charge in [-0.3, -0.25) is 9.69 Å². The smallest absolute Gasteiger partial charge is 0.223 e. The standard InChI is InChI=1S/C16H29N3OS/c20-15(14-3-7-17-8-4-14)18-13-16(5-1-2-6-16)19-9-11-21-12-10-19/h14,17H,1-13H2,(H,18,20). The Morgan fingerprint density at radius 1 is 1.19 bits per heavy atom. The van der Waals surface area contributed by atoms with Crippen LogP contribution in [0.15, 0.2) is 0 Å². The van der Waals surface area contributed by atoms with Gasteiger partial charge in [-0.15, -0.1) is 0 Å². The van der Waals surface area contributed by atoms with E-state index in [1.807, 2.05) is 0 Å². The van der Waals surface area contributed by atoms with E-state index in [-0.39, 0.29) is 11.5 Å². The highest BCUT2D eigenvalue weighted by Gasteiger charge is 2.40. The zero-order valence-corrected chi connectivity index (χ0v) is 13.8. The summed E-state index contributed by atoms with van der Waals surface area (Å²) in [4.78, 5) is 15.1. The first kappa shape index (κ1) is 15.6. The highest BCUT2D eigenvalue weighted by molar-refractivity contribution is 7.99. The molecule has 2 N–H and O–H groups in total. The van der Waals surface area contributed by atoms with Gasteiger partial charge < -0.3 is 10.6 Å². The van der Waals surface area contributed by atoms with Crippen molar-refractivity contribution >= 4 is 17.7 Å². The molecule has 0 aromatic heterocycles. The number of piperidine rings is 1. The van der Waals surface area contributed by atoms with E-state index in [2.05, 4.69) is 27.3 Å². The van der Waals surface area contributed by atoms with Gasteiger partial charge >= 0.3 is 0 Å². The molecule has 2 saturated heterocycles. The number of rotatable bonds is 4. The van der Waals surface area contributed by atoms with Crippen LogP contribution in [0, 0.1) is 5.92 Å². The summed E-state index contributed by atoms with van der Waals surface area (Å²) in [6, 6.07) is 0. The van der Waals surface area contributed by atoms with Gasteiger partial charge in [-0.05, 0) is 38.8 Å². The van der Waals surface area contributed by atoms with Crippen molar-refractivity contribution < 1.29 is 4.79 Å². The minimum absolute atomic E-state index is 0.238. The lowest BCUT2D eigenvalue weighted by atomic mass is 9.93. The first-order valence-electron chi connectivity index (χ1n) is 8.61. The molecule has 4 nitrogen and oxygen atoms in total. The van der Waals surface area contributed by atoms with E-state index in [9.17, 15) is 4.79 Å². The van der Waals surface area contributed by atoms with Crippen LogP contribution in [0.25, 0.3) is 0 Å². The highest BCUT2D eigenvalue weighted by Crippen LogP contribution is 2.36. The second-order valence-electron chi connectivity index (χ2n) is 6.77. The maximum Gasteiger partial charge on any atom is 0.223 e. The SMILES string of the molecule is O=C(NCC1(N2CCSCC2)CCCC1)C1CCNCC1. The van der Waals surface area contributed by atoms with Crippen molar-refractivity contribution in [3.63, 3.8) is 0 Å². The molecule has 3 fully saturated rings. The quantitative estimate of drug-likeness (QED) is 0.825. The van der Waals surface area contributed by atoms with Crippen LogP contribution in [-0.2, 0) is 4.79 Å². The van der Waals surface area contributed by atoms with Crippen molar-refractivity contribution in [1.29, 1.82) is 0 Å². The van der Waals surface area contributed by atoms with Crippen molar-refractivity contribution in [2.24, 2.45) is 5.92 Å². The average Bonchev–Trinajstić information content (AvgIpc) is 3.04. The van der Waals surface area contributed by atoms with Crippen LogP contribution in [0.5, 0.6) is 0 Å². The Bertz CT molecular complexity index is 345. The predicted octanol–water partition coefficient (Wildman–Crippen LogP) is 1.46. The molecule has 0 aromatic carbocycles. The number of carbonyl (C=O) groups excluding carboxylic acids is 1. The number of thioether (sulfide) groups is 1. The van der Waals surface area contributed by atoms with Crippen molar-refractivity contribution in [3.8, 4) is 0 Å². The molecule has 5 heteroatoms. The normalized spacial score (nSPS) is 27.6. The van der Waals surface area contributed by atoms with Gasteiger partial charge in [0.2, 0.25) is 5.91 Å². The third-order valence-electron chi connectivity index (χ3n) is 5.52. The molecule has 3 aliphatic rings. The second kappa shape index (κ2) is 7.34. The highest BCUT2D eigenvalue weighted by atomic mass is 32.2. The van der Waals surface area contributed by atoms with E-state index in [4.69, 9.17) is 0 Å². The molecule has 120 valence electrons. The van der Waals surface area contributed by atoms with Gasteiger partial charge in [0.25, 0.3) is 0 Å². The molecule has 0 atom stereocenters. The first-order chi connectivity index (χ1) is 10.3. The van der Waals surface area contributed by atoms with Crippen LogP contribution in [0.4, 0.5) is 0 Å². The van der Waals surface area contributed by atoms with E-state index < -0.39 is 0 Å². The molecule has 1 aliphatic carbocycles. The molecule has 0 spiro atoms. The third kappa shape index (κ3) is 3.74. The van der Waals surface area contributed by atoms with Crippen LogP contribution >= 0.6 is 11.8 Å². The largest absolute Gasteiger partial charge is 0.354 e. The molecule has 21 heavy (non-hydrogen) atoms. The maximum atomic E-state index is 12.4. The van der Waals surface area contributed by atoms with E-state index >= 15 is 0 Å². The van der Waals surface area contributed by atoms with Gasteiger partial charge in [0, 0.05) is 42.6 Å². The van der Waals surface area contributed by atoms with Gasteiger partial charge in [-0.2, -0.15) is 11.8 Å². The predicted molar refractivity (Wildman–Crippen MR) is 88.7 cm³/mol. The summed E-state index contributed by atoms with van der Waals surface area (Å²) < 4.78 is 0. The van der Waals surface area contributed by atoms with Crippen molar-refractivity contribution in [2.45, 2.75) is 44.1 Å². The minimum atomic E-state index is 0.238. The summed E-state index contributed by atoms with van der Waals surface area (Å²) in [5.41, 5.74) is 0.267. The number of nitrogens with zero attached hydrogens (tertiary/aromatic N) is 1. The Balaban J connectivity index is 1.56. The molecule has 0 radical (unpaired) electrons. The minimum Gasteiger partial charge on any atom is -0.354 e. The zero-order chi connectivity index (χ0) is 14.5. The van der Waals surface area contributed by atoms with Crippen LogP contribution in [0.2, 0.25) is 0 Å². The molecule has 0 aromatic rings. The maximum absolute atomic E-state index is 12.4. The van der Waals surface area contributed by atoms with E-state index in [0.29, 0.717) is 5.91 Å². The Kier molecular flexibility index (Phi) is 5.46.